The number of carboxylic acids is 1. The fourth-order valence-electron chi connectivity index (χ4n) is 1.34. The zero-order chi connectivity index (χ0) is 13.6. The molecule has 0 aliphatic carbocycles. The third kappa shape index (κ3) is 9.75. The molecule has 0 fully saturated rings. The molecule has 0 saturated carbocycles. The quantitative estimate of drug-likeness (QED) is 0.706. The van der Waals surface area contributed by atoms with E-state index in [-0.39, 0.29) is 10.8 Å². The number of hydrogen-bond acceptors (Lipinski definition) is 1. The summed E-state index contributed by atoms with van der Waals surface area (Å²) in [5.41, 5.74) is 1.82. The maximum absolute atomic E-state index is 9.60. The van der Waals surface area contributed by atoms with Crippen LogP contribution in [0.5, 0.6) is 0 Å². The van der Waals surface area contributed by atoms with Crippen LogP contribution in [0.25, 0.3) is 0 Å². The minimum Gasteiger partial charge on any atom is -0.481 e. The fraction of sp³-hybridized carbons (Fsp3) is 0.786. The lowest BCUT2D eigenvalue weighted by atomic mass is 9.73. The monoisotopic (exact) mass is 228 g/mol. The van der Waals surface area contributed by atoms with E-state index in [0.717, 1.165) is 6.42 Å². The Labute approximate surface area is 101 Å². The summed E-state index contributed by atoms with van der Waals surface area (Å²) in [4.78, 5) is 9.60. The predicted molar refractivity (Wildman–Crippen MR) is 70.6 cm³/mol. The van der Waals surface area contributed by atoms with Crippen molar-refractivity contribution in [3.63, 3.8) is 0 Å². The van der Waals surface area contributed by atoms with Gasteiger partial charge in [-0.2, -0.15) is 0 Å². The van der Waals surface area contributed by atoms with Gasteiger partial charge < -0.3 is 5.11 Å². The average molecular weight is 228 g/mol. The molecule has 1 N–H and O–H groups in total. The van der Waals surface area contributed by atoms with E-state index in [1.165, 1.54) is 5.57 Å². The van der Waals surface area contributed by atoms with Crippen molar-refractivity contribution in [2.45, 2.75) is 61.3 Å². The van der Waals surface area contributed by atoms with Crippen molar-refractivity contribution in [3.8, 4) is 0 Å². The summed E-state index contributed by atoms with van der Waals surface area (Å²) in [6.45, 7) is 19.2. The normalized spacial score (nSPS) is 11.4. The lowest BCUT2D eigenvalue weighted by molar-refractivity contribution is -0.137. The van der Waals surface area contributed by atoms with Crippen LogP contribution < -0.4 is 0 Å². The Morgan fingerprint density at radius 3 is 1.38 bits per heavy atom. The molecule has 0 saturated heterocycles. The summed E-state index contributed by atoms with van der Waals surface area (Å²) in [5.74, 6) is -0.711. The first-order chi connectivity index (χ1) is 6.92. The Bertz CT molecular complexity index is 210. The highest BCUT2D eigenvalue weighted by atomic mass is 16.4. The standard InChI is InChI=1S/C10H20.C4H8O2/c1-8(9(2,3)4)10(5,6)7;1-2-3-4(5)6/h1H2,2-7H3;2-3H2,1H3,(H,5,6). The van der Waals surface area contributed by atoms with Crippen molar-refractivity contribution in [3.05, 3.63) is 12.2 Å². The van der Waals surface area contributed by atoms with Gasteiger partial charge in [-0.05, 0) is 17.3 Å². The summed E-state index contributed by atoms with van der Waals surface area (Å²) in [6.07, 6.45) is 1.02. The lowest BCUT2D eigenvalue weighted by Crippen LogP contribution is -2.20. The SMILES string of the molecule is C=C(C(C)(C)C)C(C)(C)C.CCCC(=O)O. The topological polar surface area (TPSA) is 37.3 Å². The minimum atomic E-state index is -0.711. The van der Waals surface area contributed by atoms with Crippen molar-refractivity contribution in [2.75, 3.05) is 0 Å². The summed E-state index contributed by atoms with van der Waals surface area (Å²) in [7, 11) is 0. The molecular formula is C14H28O2. The van der Waals surface area contributed by atoms with Gasteiger partial charge in [-0.15, -0.1) is 0 Å². The summed E-state index contributed by atoms with van der Waals surface area (Å²) in [6, 6.07) is 0. The molecule has 0 atom stereocenters. The second-order valence-electron chi connectivity index (χ2n) is 6.12. The number of carbonyl (C=O) groups is 1. The van der Waals surface area contributed by atoms with Crippen molar-refractivity contribution >= 4 is 5.97 Å². The van der Waals surface area contributed by atoms with Gasteiger partial charge in [-0.1, -0.05) is 60.6 Å². The molecule has 2 nitrogen and oxygen atoms in total. The molecule has 0 aliphatic heterocycles. The first-order valence-electron chi connectivity index (χ1n) is 5.84. The van der Waals surface area contributed by atoms with Crippen LogP contribution in [0.2, 0.25) is 0 Å². The van der Waals surface area contributed by atoms with Crippen LogP contribution in [-0.4, -0.2) is 11.1 Å². The highest BCUT2D eigenvalue weighted by molar-refractivity contribution is 5.66. The van der Waals surface area contributed by atoms with Crippen LogP contribution >= 0.6 is 0 Å². The molecule has 0 rings (SSSR count). The number of allylic oxidation sites excluding steroid dienone is 1. The van der Waals surface area contributed by atoms with E-state index in [2.05, 4.69) is 48.1 Å². The van der Waals surface area contributed by atoms with E-state index in [0.29, 0.717) is 6.42 Å². The van der Waals surface area contributed by atoms with Crippen molar-refractivity contribution in [2.24, 2.45) is 10.8 Å². The third-order valence-electron chi connectivity index (χ3n) is 2.27. The molecule has 0 bridgehead atoms. The largest absolute Gasteiger partial charge is 0.481 e. The molecule has 16 heavy (non-hydrogen) atoms. The van der Waals surface area contributed by atoms with Gasteiger partial charge in [0.25, 0.3) is 0 Å². The van der Waals surface area contributed by atoms with Crippen LogP contribution in [0.3, 0.4) is 0 Å². The number of hydrogen-bond donors (Lipinski definition) is 1. The Hall–Kier alpha value is -0.790. The van der Waals surface area contributed by atoms with Gasteiger partial charge in [0.05, 0.1) is 0 Å². The first-order valence-corrected chi connectivity index (χ1v) is 5.84. The van der Waals surface area contributed by atoms with Gasteiger partial charge in [0.2, 0.25) is 0 Å². The number of carboxylic acid groups (broad SMARTS) is 1. The molecule has 0 aromatic heterocycles. The third-order valence-corrected chi connectivity index (χ3v) is 2.27. The van der Waals surface area contributed by atoms with E-state index in [1.807, 2.05) is 6.92 Å². The van der Waals surface area contributed by atoms with Crippen LogP contribution in [0.1, 0.15) is 61.3 Å². The van der Waals surface area contributed by atoms with Gasteiger partial charge in [0, 0.05) is 6.42 Å². The molecule has 96 valence electrons. The van der Waals surface area contributed by atoms with E-state index in [4.69, 9.17) is 5.11 Å². The summed E-state index contributed by atoms with van der Waals surface area (Å²) >= 11 is 0. The van der Waals surface area contributed by atoms with Crippen LogP contribution in [0.15, 0.2) is 12.2 Å². The zero-order valence-electron chi connectivity index (χ0n) is 12.0. The van der Waals surface area contributed by atoms with Gasteiger partial charge >= 0.3 is 5.97 Å². The number of rotatable bonds is 2. The van der Waals surface area contributed by atoms with E-state index in [9.17, 15) is 4.79 Å². The van der Waals surface area contributed by atoms with Gasteiger partial charge in [-0.25, -0.2) is 0 Å². The van der Waals surface area contributed by atoms with Crippen molar-refractivity contribution in [1.82, 2.24) is 0 Å². The van der Waals surface area contributed by atoms with Gasteiger partial charge in [-0.3, -0.25) is 4.79 Å². The molecule has 2 heteroatoms. The second kappa shape index (κ2) is 6.72. The minimum absolute atomic E-state index is 0.248. The highest BCUT2D eigenvalue weighted by Crippen LogP contribution is 2.37. The maximum atomic E-state index is 9.60. The summed E-state index contributed by atoms with van der Waals surface area (Å²) in [5, 5.41) is 7.91. The maximum Gasteiger partial charge on any atom is 0.303 e. The second-order valence-corrected chi connectivity index (χ2v) is 6.12. The molecule has 0 spiro atoms. The Kier molecular flexibility index (Phi) is 7.39. The van der Waals surface area contributed by atoms with Crippen LogP contribution in [0.4, 0.5) is 0 Å². The predicted octanol–water partition coefficient (Wildman–Crippen LogP) is 4.51. The highest BCUT2D eigenvalue weighted by Gasteiger charge is 2.25. The molecule has 0 aliphatic rings. The average Bonchev–Trinajstić information content (AvgIpc) is 2.00. The van der Waals surface area contributed by atoms with Crippen LogP contribution in [-0.2, 0) is 4.79 Å². The Balaban J connectivity index is 0. The number of aliphatic carboxylic acids is 1. The molecular weight excluding hydrogens is 200 g/mol. The van der Waals surface area contributed by atoms with E-state index in [1.54, 1.807) is 0 Å². The Morgan fingerprint density at radius 1 is 1.06 bits per heavy atom. The smallest absolute Gasteiger partial charge is 0.303 e. The molecule has 0 aromatic carbocycles. The molecule has 0 amide bonds. The zero-order valence-corrected chi connectivity index (χ0v) is 12.0. The molecule has 0 aromatic rings. The van der Waals surface area contributed by atoms with Gasteiger partial charge in [0.15, 0.2) is 0 Å². The fourth-order valence-corrected chi connectivity index (χ4v) is 1.34. The lowest BCUT2D eigenvalue weighted by Gasteiger charge is -2.32. The van der Waals surface area contributed by atoms with E-state index < -0.39 is 5.97 Å². The van der Waals surface area contributed by atoms with Gasteiger partial charge in [0.1, 0.15) is 0 Å². The van der Waals surface area contributed by atoms with Crippen molar-refractivity contribution in [1.29, 1.82) is 0 Å². The van der Waals surface area contributed by atoms with Crippen molar-refractivity contribution < 1.29 is 9.90 Å². The van der Waals surface area contributed by atoms with Crippen LogP contribution in [0, 0.1) is 10.8 Å². The Morgan fingerprint density at radius 2 is 1.38 bits per heavy atom. The molecule has 0 radical (unpaired) electrons. The molecule has 0 heterocycles. The van der Waals surface area contributed by atoms with E-state index >= 15 is 0 Å². The molecule has 0 unspecified atom stereocenters. The summed E-state index contributed by atoms with van der Waals surface area (Å²) < 4.78 is 0. The first kappa shape index (κ1) is 17.6.